The van der Waals surface area contributed by atoms with Crippen molar-refractivity contribution < 1.29 is 22.7 Å². The number of anilines is 2. The number of alkyl halides is 3. The predicted octanol–water partition coefficient (Wildman–Crippen LogP) is 4.70. The smallest absolute Gasteiger partial charge is 0.376 e. The van der Waals surface area contributed by atoms with Crippen LogP contribution in [0.15, 0.2) is 48.9 Å². The SMILES string of the molecule is Cn1cc(Nc2nccc(-c3ccc(CNC(=O)c4cc5c(s4)CCOC5)c(C(F)(F)F)c3)n2)cn1. The molecular weight excluding hydrogens is 493 g/mol. The van der Waals surface area contributed by atoms with E-state index in [1.165, 1.54) is 29.7 Å². The second-order valence-electron chi connectivity index (χ2n) is 8.21. The van der Waals surface area contributed by atoms with Crippen molar-refractivity contribution >= 4 is 28.9 Å². The van der Waals surface area contributed by atoms with Gasteiger partial charge in [-0.1, -0.05) is 12.1 Å². The average Bonchev–Trinajstić information content (AvgIpc) is 3.48. The number of fused-ring (bicyclic) bond motifs is 1. The normalized spacial score (nSPS) is 13.3. The Morgan fingerprint density at radius 1 is 1.25 bits per heavy atom. The van der Waals surface area contributed by atoms with Crippen LogP contribution in [0.25, 0.3) is 11.3 Å². The lowest BCUT2D eigenvalue weighted by Crippen LogP contribution is -2.23. The average molecular weight is 515 g/mol. The molecule has 2 N–H and O–H groups in total. The zero-order valence-corrected chi connectivity index (χ0v) is 19.9. The lowest BCUT2D eigenvalue weighted by atomic mass is 10.0. The zero-order valence-electron chi connectivity index (χ0n) is 19.1. The summed E-state index contributed by atoms with van der Waals surface area (Å²) >= 11 is 1.35. The molecule has 1 aliphatic rings. The number of thiophene rings is 1. The van der Waals surface area contributed by atoms with Crippen LogP contribution >= 0.6 is 11.3 Å². The second-order valence-corrected chi connectivity index (χ2v) is 9.34. The molecule has 0 spiro atoms. The molecule has 36 heavy (non-hydrogen) atoms. The molecule has 0 unspecified atom stereocenters. The fourth-order valence-electron chi connectivity index (χ4n) is 3.87. The first-order valence-corrected chi connectivity index (χ1v) is 11.8. The molecule has 0 saturated carbocycles. The Balaban J connectivity index is 1.35. The topological polar surface area (TPSA) is 94.0 Å². The molecule has 12 heteroatoms. The fraction of sp³-hybridized carbons (Fsp3) is 0.250. The standard InChI is InChI=1S/C24H21F3N6O2S/c1-33-12-17(11-30-33)31-23-28-6-4-19(32-23)14-2-3-15(18(8-14)24(25,26)27)10-29-22(34)21-9-16-13-35-7-5-20(16)36-21/h2-4,6,8-9,11-12H,5,7,10,13H2,1H3,(H,29,34)(H,28,31,32). The highest BCUT2D eigenvalue weighted by Gasteiger charge is 2.34. The lowest BCUT2D eigenvalue weighted by Gasteiger charge is -2.15. The number of aromatic nitrogens is 4. The summed E-state index contributed by atoms with van der Waals surface area (Å²) in [5, 5.41) is 9.64. The zero-order chi connectivity index (χ0) is 25.3. The molecule has 4 aromatic rings. The van der Waals surface area contributed by atoms with Crippen molar-refractivity contribution in [3.63, 3.8) is 0 Å². The van der Waals surface area contributed by atoms with Gasteiger partial charge in [-0.2, -0.15) is 18.3 Å². The van der Waals surface area contributed by atoms with Gasteiger partial charge in [0.15, 0.2) is 0 Å². The summed E-state index contributed by atoms with van der Waals surface area (Å²) in [7, 11) is 1.76. The number of nitrogens with zero attached hydrogens (tertiary/aromatic N) is 4. The highest BCUT2D eigenvalue weighted by molar-refractivity contribution is 7.14. The summed E-state index contributed by atoms with van der Waals surface area (Å²) in [6.07, 6.45) is 0.892. The molecule has 1 amide bonds. The number of ether oxygens (including phenoxy) is 1. The van der Waals surface area contributed by atoms with E-state index in [0.29, 0.717) is 29.5 Å². The molecule has 186 valence electrons. The number of benzene rings is 1. The Morgan fingerprint density at radius 3 is 2.86 bits per heavy atom. The van der Waals surface area contributed by atoms with Gasteiger partial charge in [-0.15, -0.1) is 11.3 Å². The van der Waals surface area contributed by atoms with Crippen LogP contribution in [0.2, 0.25) is 0 Å². The summed E-state index contributed by atoms with van der Waals surface area (Å²) in [6.45, 7) is 0.787. The number of hydrogen-bond acceptors (Lipinski definition) is 7. The van der Waals surface area contributed by atoms with Gasteiger partial charge >= 0.3 is 6.18 Å². The van der Waals surface area contributed by atoms with Gasteiger partial charge in [0.05, 0.1) is 41.2 Å². The van der Waals surface area contributed by atoms with Gasteiger partial charge in [-0.25, -0.2) is 9.97 Å². The first-order chi connectivity index (χ1) is 17.3. The number of carbonyl (C=O) groups excluding carboxylic acids is 1. The minimum absolute atomic E-state index is 0.0352. The van der Waals surface area contributed by atoms with Crippen LogP contribution in [0.1, 0.15) is 31.2 Å². The summed E-state index contributed by atoms with van der Waals surface area (Å²) in [4.78, 5) is 22.6. The monoisotopic (exact) mass is 514 g/mol. The quantitative estimate of drug-likeness (QED) is 0.387. The molecule has 5 rings (SSSR count). The first-order valence-electron chi connectivity index (χ1n) is 11.0. The molecule has 3 aromatic heterocycles. The Morgan fingerprint density at radius 2 is 2.11 bits per heavy atom. The van der Waals surface area contributed by atoms with Crippen molar-refractivity contribution in [3.05, 3.63) is 75.4 Å². The van der Waals surface area contributed by atoms with E-state index in [9.17, 15) is 18.0 Å². The number of rotatable bonds is 6. The van der Waals surface area contributed by atoms with Crippen LogP contribution in [0.3, 0.4) is 0 Å². The number of aryl methyl sites for hydroxylation is 1. The molecule has 4 heterocycles. The molecular formula is C24H21F3N6O2S. The number of halogens is 3. The summed E-state index contributed by atoms with van der Waals surface area (Å²) in [6, 6.07) is 7.23. The molecule has 1 aromatic carbocycles. The minimum atomic E-state index is -4.61. The largest absolute Gasteiger partial charge is 0.416 e. The van der Waals surface area contributed by atoms with Gasteiger partial charge < -0.3 is 15.4 Å². The maximum absolute atomic E-state index is 13.9. The molecule has 0 radical (unpaired) electrons. The van der Waals surface area contributed by atoms with Crippen molar-refractivity contribution in [2.24, 2.45) is 7.05 Å². The maximum atomic E-state index is 13.9. The molecule has 0 atom stereocenters. The van der Waals surface area contributed by atoms with E-state index in [1.54, 1.807) is 36.3 Å². The highest BCUT2D eigenvalue weighted by atomic mass is 32.1. The van der Waals surface area contributed by atoms with Crippen molar-refractivity contribution in [2.75, 3.05) is 11.9 Å². The van der Waals surface area contributed by atoms with E-state index in [1.807, 2.05) is 0 Å². The Bertz CT molecular complexity index is 1390. The summed E-state index contributed by atoms with van der Waals surface area (Å²) in [5.41, 5.74) is 1.34. The minimum Gasteiger partial charge on any atom is -0.376 e. The maximum Gasteiger partial charge on any atom is 0.416 e. The van der Waals surface area contributed by atoms with E-state index in [0.717, 1.165) is 22.9 Å². The van der Waals surface area contributed by atoms with Crippen LogP contribution in [0, 0.1) is 0 Å². The van der Waals surface area contributed by atoms with Crippen LogP contribution in [-0.2, 0) is 37.5 Å². The van der Waals surface area contributed by atoms with E-state index >= 15 is 0 Å². The van der Waals surface area contributed by atoms with Gasteiger partial charge in [0, 0.05) is 42.8 Å². The van der Waals surface area contributed by atoms with E-state index in [-0.39, 0.29) is 23.6 Å². The molecule has 0 bridgehead atoms. The van der Waals surface area contributed by atoms with Crippen molar-refractivity contribution in [2.45, 2.75) is 25.7 Å². The number of hydrogen-bond donors (Lipinski definition) is 2. The van der Waals surface area contributed by atoms with Gasteiger partial charge in [0.2, 0.25) is 5.95 Å². The third-order valence-corrected chi connectivity index (χ3v) is 6.85. The molecule has 0 aliphatic carbocycles. The number of nitrogens with one attached hydrogen (secondary N) is 2. The number of amides is 1. The van der Waals surface area contributed by atoms with Gasteiger partial charge in [0.1, 0.15) is 0 Å². The van der Waals surface area contributed by atoms with Gasteiger partial charge in [-0.3, -0.25) is 9.48 Å². The van der Waals surface area contributed by atoms with E-state index < -0.39 is 17.6 Å². The van der Waals surface area contributed by atoms with E-state index in [2.05, 4.69) is 25.7 Å². The highest BCUT2D eigenvalue weighted by Crippen LogP contribution is 2.35. The van der Waals surface area contributed by atoms with Crippen LogP contribution in [0.5, 0.6) is 0 Å². The molecule has 0 fully saturated rings. The van der Waals surface area contributed by atoms with Crippen molar-refractivity contribution in [1.29, 1.82) is 0 Å². The summed E-state index contributed by atoms with van der Waals surface area (Å²) in [5.74, 6) is -0.178. The Labute approximate surface area is 208 Å². The van der Waals surface area contributed by atoms with Crippen LogP contribution in [-0.4, -0.2) is 32.3 Å². The first kappa shape index (κ1) is 23.9. The fourth-order valence-corrected chi connectivity index (χ4v) is 4.94. The summed E-state index contributed by atoms with van der Waals surface area (Å²) < 4.78 is 48.8. The van der Waals surface area contributed by atoms with Crippen LogP contribution < -0.4 is 10.6 Å². The van der Waals surface area contributed by atoms with E-state index in [4.69, 9.17) is 4.74 Å². The van der Waals surface area contributed by atoms with Crippen molar-refractivity contribution in [1.82, 2.24) is 25.1 Å². The Hall–Kier alpha value is -3.77. The molecule has 8 nitrogen and oxygen atoms in total. The molecule has 0 saturated heterocycles. The third kappa shape index (κ3) is 5.24. The van der Waals surface area contributed by atoms with Crippen LogP contribution in [0.4, 0.5) is 24.8 Å². The second kappa shape index (κ2) is 9.70. The van der Waals surface area contributed by atoms with Crippen molar-refractivity contribution in [3.8, 4) is 11.3 Å². The predicted molar refractivity (Wildman–Crippen MR) is 128 cm³/mol. The lowest BCUT2D eigenvalue weighted by molar-refractivity contribution is -0.138. The van der Waals surface area contributed by atoms with Gasteiger partial charge in [-0.05, 0) is 29.3 Å². The Kier molecular flexibility index (Phi) is 6.46. The molecule has 1 aliphatic heterocycles. The number of carbonyl (C=O) groups is 1. The third-order valence-electron chi connectivity index (χ3n) is 5.62. The van der Waals surface area contributed by atoms with Gasteiger partial charge in [0.25, 0.3) is 5.91 Å².